The standard InChI is InChI=1S/C14H18N2O3/c17-10-9-16-12-6-2-1-5-11(12)15-13(16)7-3-4-8-14(18)19/h1-2,5-6,17H,3-4,7-10H2,(H,18,19). The number of benzene rings is 1. The molecule has 5 nitrogen and oxygen atoms in total. The second kappa shape index (κ2) is 6.33. The summed E-state index contributed by atoms with van der Waals surface area (Å²) in [6.45, 7) is 0.595. The van der Waals surface area contributed by atoms with E-state index in [0.717, 1.165) is 29.7 Å². The number of carbonyl (C=O) groups is 1. The molecule has 0 unspecified atom stereocenters. The van der Waals surface area contributed by atoms with Crippen molar-refractivity contribution >= 4 is 17.0 Å². The Balaban J connectivity index is 2.12. The van der Waals surface area contributed by atoms with Gasteiger partial charge in [-0.05, 0) is 25.0 Å². The Labute approximate surface area is 111 Å². The molecule has 2 N–H and O–H groups in total. The molecule has 2 aromatic rings. The minimum Gasteiger partial charge on any atom is -0.481 e. The summed E-state index contributed by atoms with van der Waals surface area (Å²) in [6, 6.07) is 7.82. The zero-order valence-corrected chi connectivity index (χ0v) is 10.7. The van der Waals surface area contributed by atoms with Crippen molar-refractivity contribution < 1.29 is 15.0 Å². The second-order valence-corrected chi connectivity index (χ2v) is 4.49. The molecule has 0 bridgehead atoms. The Bertz CT molecular complexity index is 563. The zero-order valence-electron chi connectivity index (χ0n) is 10.7. The minimum atomic E-state index is -0.760. The molecule has 1 aromatic carbocycles. The number of nitrogens with zero attached hydrogens (tertiary/aromatic N) is 2. The van der Waals surface area contributed by atoms with Crippen molar-refractivity contribution in [3.8, 4) is 0 Å². The molecule has 0 aliphatic rings. The van der Waals surface area contributed by atoms with Crippen molar-refractivity contribution in [2.24, 2.45) is 0 Å². The number of aromatic nitrogens is 2. The quantitative estimate of drug-likeness (QED) is 0.746. The van der Waals surface area contributed by atoms with Gasteiger partial charge in [-0.15, -0.1) is 0 Å². The van der Waals surface area contributed by atoms with Gasteiger partial charge in [-0.25, -0.2) is 4.98 Å². The summed E-state index contributed by atoms with van der Waals surface area (Å²) in [6.07, 6.45) is 2.38. The average molecular weight is 262 g/mol. The molecule has 0 fully saturated rings. The zero-order chi connectivity index (χ0) is 13.7. The molecule has 0 spiro atoms. The second-order valence-electron chi connectivity index (χ2n) is 4.49. The number of fused-ring (bicyclic) bond motifs is 1. The fourth-order valence-corrected chi connectivity index (χ4v) is 2.23. The molecular formula is C14H18N2O3. The average Bonchev–Trinajstić information content (AvgIpc) is 2.74. The van der Waals surface area contributed by atoms with Crippen LogP contribution in [0.25, 0.3) is 11.0 Å². The lowest BCUT2D eigenvalue weighted by molar-refractivity contribution is -0.137. The predicted molar refractivity (Wildman–Crippen MR) is 72.0 cm³/mol. The highest BCUT2D eigenvalue weighted by atomic mass is 16.4. The maximum absolute atomic E-state index is 10.5. The van der Waals surface area contributed by atoms with Gasteiger partial charge in [0.2, 0.25) is 0 Å². The fraction of sp³-hybridized carbons (Fsp3) is 0.429. The van der Waals surface area contributed by atoms with E-state index >= 15 is 0 Å². The number of hydrogen-bond donors (Lipinski definition) is 2. The highest BCUT2D eigenvalue weighted by molar-refractivity contribution is 5.75. The van der Waals surface area contributed by atoms with Gasteiger partial charge < -0.3 is 14.8 Å². The van der Waals surface area contributed by atoms with Crippen LogP contribution < -0.4 is 0 Å². The molecule has 19 heavy (non-hydrogen) atoms. The highest BCUT2D eigenvalue weighted by Crippen LogP contribution is 2.17. The molecule has 0 saturated heterocycles. The van der Waals surface area contributed by atoms with Gasteiger partial charge in [0.05, 0.1) is 17.6 Å². The van der Waals surface area contributed by atoms with E-state index in [0.29, 0.717) is 13.0 Å². The first kappa shape index (κ1) is 13.5. The number of para-hydroxylation sites is 2. The van der Waals surface area contributed by atoms with Crippen molar-refractivity contribution in [2.75, 3.05) is 6.61 Å². The Kier molecular flexibility index (Phi) is 4.52. The third kappa shape index (κ3) is 3.32. The van der Waals surface area contributed by atoms with Crippen LogP contribution >= 0.6 is 0 Å². The minimum absolute atomic E-state index is 0.0719. The first-order valence-corrected chi connectivity index (χ1v) is 6.49. The van der Waals surface area contributed by atoms with E-state index in [2.05, 4.69) is 4.98 Å². The van der Waals surface area contributed by atoms with Crippen molar-refractivity contribution in [1.82, 2.24) is 9.55 Å². The SMILES string of the molecule is O=C(O)CCCCc1nc2ccccc2n1CCO. The van der Waals surface area contributed by atoms with Gasteiger partial charge in [-0.2, -0.15) is 0 Å². The van der Waals surface area contributed by atoms with Crippen LogP contribution in [0.5, 0.6) is 0 Å². The van der Waals surface area contributed by atoms with Crippen LogP contribution in [0.15, 0.2) is 24.3 Å². The topological polar surface area (TPSA) is 75.3 Å². The van der Waals surface area contributed by atoms with Gasteiger partial charge in [0.15, 0.2) is 0 Å². The number of carboxylic acid groups (broad SMARTS) is 1. The Morgan fingerprint density at radius 2 is 2.05 bits per heavy atom. The van der Waals surface area contributed by atoms with Crippen molar-refractivity contribution in [1.29, 1.82) is 0 Å². The van der Waals surface area contributed by atoms with Gasteiger partial charge in [-0.1, -0.05) is 12.1 Å². The molecule has 102 valence electrons. The van der Waals surface area contributed by atoms with Crippen LogP contribution in [-0.4, -0.2) is 32.3 Å². The van der Waals surface area contributed by atoms with Crippen LogP contribution in [0, 0.1) is 0 Å². The Morgan fingerprint density at radius 1 is 1.26 bits per heavy atom. The molecule has 2 rings (SSSR count). The lowest BCUT2D eigenvalue weighted by atomic mass is 10.2. The van der Waals surface area contributed by atoms with Gasteiger partial charge in [0.25, 0.3) is 0 Å². The van der Waals surface area contributed by atoms with E-state index in [-0.39, 0.29) is 13.0 Å². The molecule has 0 atom stereocenters. The number of unbranched alkanes of at least 4 members (excludes halogenated alkanes) is 1. The molecule has 1 heterocycles. The number of aryl methyl sites for hydroxylation is 1. The van der Waals surface area contributed by atoms with E-state index in [9.17, 15) is 4.79 Å². The fourth-order valence-electron chi connectivity index (χ4n) is 2.23. The van der Waals surface area contributed by atoms with E-state index < -0.39 is 5.97 Å². The third-order valence-electron chi connectivity index (χ3n) is 3.10. The lowest BCUT2D eigenvalue weighted by Crippen LogP contribution is -2.07. The maximum Gasteiger partial charge on any atom is 0.303 e. The molecule has 0 saturated carbocycles. The van der Waals surface area contributed by atoms with Crippen LogP contribution in [0.4, 0.5) is 0 Å². The van der Waals surface area contributed by atoms with Gasteiger partial charge in [0, 0.05) is 19.4 Å². The Hall–Kier alpha value is -1.88. The third-order valence-corrected chi connectivity index (χ3v) is 3.10. The largest absolute Gasteiger partial charge is 0.481 e. The summed E-state index contributed by atoms with van der Waals surface area (Å²) in [5.41, 5.74) is 1.94. The Morgan fingerprint density at radius 3 is 2.79 bits per heavy atom. The molecule has 0 aliphatic heterocycles. The lowest BCUT2D eigenvalue weighted by Gasteiger charge is -2.06. The molecule has 0 radical (unpaired) electrons. The molecule has 0 amide bonds. The predicted octanol–water partition coefficient (Wildman–Crippen LogP) is 1.83. The number of aliphatic carboxylic acids is 1. The number of aliphatic hydroxyl groups excluding tert-OH is 1. The summed E-state index contributed by atoms with van der Waals surface area (Å²) in [5.74, 6) is 0.157. The van der Waals surface area contributed by atoms with Crippen molar-refractivity contribution in [3.05, 3.63) is 30.1 Å². The number of hydrogen-bond acceptors (Lipinski definition) is 3. The van der Waals surface area contributed by atoms with Gasteiger partial charge in [-0.3, -0.25) is 4.79 Å². The molecule has 5 heteroatoms. The highest BCUT2D eigenvalue weighted by Gasteiger charge is 2.09. The maximum atomic E-state index is 10.5. The van der Waals surface area contributed by atoms with Crippen LogP contribution in [0.3, 0.4) is 0 Å². The van der Waals surface area contributed by atoms with Crippen LogP contribution in [0.2, 0.25) is 0 Å². The number of aliphatic hydroxyl groups is 1. The van der Waals surface area contributed by atoms with E-state index in [1.54, 1.807) is 0 Å². The summed E-state index contributed by atoms with van der Waals surface area (Å²) in [5, 5.41) is 17.7. The molecule has 0 aliphatic carbocycles. The van der Waals surface area contributed by atoms with E-state index in [4.69, 9.17) is 10.2 Å². The van der Waals surface area contributed by atoms with E-state index in [1.807, 2.05) is 28.8 Å². The monoisotopic (exact) mass is 262 g/mol. The van der Waals surface area contributed by atoms with Gasteiger partial charge in [0.1, 0.15) is 5.82 Å². The first-order valence-electron chi connectivity index (χ1n) is 6.49. The first-order chi connectivity index (χ1) is 9.22. The normalized spacial score (nSPS) is 11.0. The van der Waals surface area contributed by atoms with E-state index in [1.165, 1.54) is 0 Å². The number of carboxylic acids is 1. The van der Waals surface area contributed by atoms with Crippen LogP contribution in [0.1, 0.15) is 25.1 Å². The summed E-state index contributed by atoms with van der Waals surface area (Å²) < 4.78 is 2.01. The summed E-state index contributed by atoms with van der Waals surface area (Å²) in [7, 11) is 0. The molecule has 1 aromatic heterocycles. The summed E-state index contributed by atoms with van der Waals surface area (Å²) in [4.78, 5) is 15.0. The molecular weight excluding hydrogens is 244 g/mol. The number of rotatable bonds is 7. The van der Waals surface area contributed by atoms with Crippen molar-refractivity contribution in [2.45, 2.75) is 32.2 Å². The smallest absolute Gasteiger partial charge is 0.303 e. The van der Waals surface area contributed by atoms with Gasteiger partial charge >= 0.3 is 5.97 Å². The summed E-state index contributed by atoms with van der Waals surface area (Å²) >= 11 is 0. The van der Waals surface area contributed by atoms with Crippen molar-refractivity contribution in [3.63, 3.8) is 0 Å². The van der Waals surface area contributed by atoms with Crippen LogP contribution in [-0.2, 0) is 17.8 Å². The number of imidazole rings is 1.